The lowest BCUT2D eigenvalue weighted by Gasteiger charge is -2.14. The van der Waals surface area contributed by atoms with E-state index in [0.29, 0.717) is 23.8 Å². The number of rotatable bonds is 4. The maximum absolute atomic E-state index is 13.7. The Labute approximate surface area is 137 Å². The molecule has 0 unspecified atom stereocenters. The Hall–Kier alpha value is -2.70. The van der Waals surface area contributed by atoms with E-state index in [2.05, 4.69) is 10.5 Å². The smallest absolute Gasteiger partial charge is 0.232 e. The highest BCUT2D eigenvalue weighted by molar-refractivity contribution is 5.96. The summed E-state index contributed by atoms with van der Waals surface area (Å²) in [4.78, 5) is 26.0. The van der Waals surface area contributed by atoms with Crippen LogP contribution >= 0.6 is 0 Å². The van der Waals surface area contributed by atoms with E-state index in [1.165, 1.54) is 12.1 Å². The number of hydrogen-bond acceptors (Lipinski definition) is 4. The Morgan fingerprint density at radius 1 is 1.33 bits per heavy atom. The van der Waals surface area contributed by atoms with Gasteiger partial charge in [0.05, 0.1) is 5.92 Å². The first-order valence-corrected chi connectivity index (χ1v) is 7.94. The number of halogens is 1. The highest BCUT2D eigenvalue weighted by atomic mass is 19.1. The second kappa shape index (κ2) is 5.74. The Morgan fingerprint density at radius 2 is 2.12 bits per heavy atom. The third kappa shape index (κ3) is 2.77. The number of nitrogens with one attached hydrogen (secondary N) is 1. The number of amides is 2. The van der Waals surface area contributed by atoms with Crippen LogP contribution in [0.3, 0.4) is 0 Å². The molecule has 1 atom stereocenters. The van der Waals surface area contributed by atoms with E-state index in [1.807, 2.05) is 0 Å². The molecule has 1 aromatic carbocycles. The average molecular weight is 329 g/mol. The first-order chi connectivity index (χ1) is 11.6. The topological polar surface area (TPSA) is 75.4 Å². The molecule has 0 radical (unpaired) electrons. The van der Waals surface area contributed by atoms with Crippen molar-refractivity contribution in [2.24, 2.45) is 5.92 Å². The van der Waals surface area contributed by atoms with Gasteiger partial charge in [0.15, 0.2) is 0 Å². The molecule has 124 valence electrons. The fourth-order valence-electron chi connectivity index (χ4n) is 3.00. The highest BCUT2D eigenvalue weighted by Crippen LogP contribution is 2.33. The quantitative estimate of drug-likeness (QED) is 0.935. The molecule has 2 aromatic rings. The van der Waals surface area contributed by atoms with Gasteiger partial charge in [0, 0.05) is 30.6 Å². The number of carbonyl (C=O) groups excluding carboxylic acids is 2. The molecule has 0 bridgehead atoms. The minimum atomic E-state index is -0.412. The lowest BCUT2D eigenvalue weighted by molar-refractivity contribution is -0.128. The molecule has 1 aliphatic heterocycles. The second-order valence-corrected chi connectivity index (χ2v) is 6.22. The van der Waals surface area contributed by atoms with Crippen LogP contribution in [0.5, 0.6) is 0 Å². The summed E-state index contributed by atoms with van der Waals surface area (Å²) < 4.78 is 18.8. The van der Waals surface area contributed by atoms with Crippen LogP contribution in [0, 0.1) is 11.7 Å². The van der Waals surface area contributed by atoms with Crippen molar-refractivity contribution in [2.45, 2.75) is 25.3 Å². The average Bonchev–Trinajstić information content (AvgIpc) is 3.18. The van der Waals surface area contributed by atoms with Crippen LogP contribution in [-0.4, -0.2) is 34.5 Å². The number of aromatic nitrogens is 1. The lowest BCUT2D eigenvalue weighted by atomic mass is 10.1. The minimum Gasteiger partial charge on any atom is -0.339 e. The summed E-state index contributed by atoms with van der Waals surface area (Å²) in [7, 11) is 0. The number of hydrogen-bond donors (Lipinski definition) is 1. The molecular weight excluding hydrogens is 313 g/mol. The van der Waals surface area contributed by atoms with Gasteiger partial charge in [0.2, 0.25) is 17.7 Å². The van der Waals surface area contributed by atoms with Gasteiger partial charge in [0.25, 0.3) is 0 Å². The van der Waals surface area contributed by atoms with Gasteiger partial charge >= 0.3 is 0 Å². The molecular formula is C17H16FN3O3. The predicted octanol–water partition coefficient (Wildman–Crippen LogP) is 2.43. The SMILES string of the molecule is O=C(Nc1cc(-c2ccccc2F)no1)[C@@H]1CC(=O)N(C2CC2)C1. The van der Waals surface area contributed by atoms with E-state index in [0.717, 1.165) is 12.8 Å². The Kier molecular flexibility index (Phi) is 3.55. The van der Waals surface area contributed by atoms with E-state index >= 15 is 0 Å². The molecule has 1 saturated carbocycles. The Bertz CT molecular complexity index is 800. The summed E-state index contributed by atoms with van der Waals surface area (Å²) in [5.74, 6) is -0.897. The van der Waals surface area contributed by atoms with Gasteiger partial charge in [-0.15, -0.1) is 0 Å². The molecule has 1 N–H and O–H groups in total. The molecule has 7 heteroatoms. The summed E-state index contributed by atoms with van der Waals surface area (Å²) in [6.07, 6.45) is 2.26. The maximum Gasteiger partial charge on any atom is 0.232 e. The predicted molar refractivity (Wildman–Crippen MR) is 83.4 cm³/mol. The van der Waals surface area contributed by atoms with Crippen molar-refractivity contribution >= 4 is 17.7 Å². The Balaban J connectivity index is 1.43. The van der Waals surface area contributed by atoms with Crippen LogP contribution in [0.4, 0.5) is 10.3 Å². The third-order valence-electron chi connectivity index (χ3n) is 4.42. The van der Waals surface area contributed by atoms with Crippen molar-refractivity contribution in [3.8, 4) is 11.3 Å². The van der Waals surface area contributed by atoms with Gasteiger partial charge in [-0.05, 0) is 25.0 Å². The molecule has 1 aliphatic carbocycles. The van der Waals surface area contributed by atoms with Gasteiger partial charge in [-0.1, -0.05) is 17.3 Å². The van der Waals surface area contributed by atoms with Crippen LogP contribution in [0.25, 0.3) is 11.3 Å². The monoisotopic (exact) mass is 329 g/mol. The van der Waals surface area contributed by atoms with E-state index in [4.69, 9.17) is 4.52 Å². The molecule has 2 aliphatic rings. The lowest BCUT2D eigenvalue weighted by Crippen LogP contribution is -2.29. The van der Waals surface area contributed by atoms with Crippen LogP contribution in [0.1, 0.15) is 19.3 Å². The summed E-state index contributed by atoms with van der Waals surface area (Å²) >= 11 is 0. The standard InChI is InChI=1S/C17H16FN3O3/c18-13-4-2-1-3-12(13)14-8-15(24-20-14)19-17(23)10-7-16(22)21(9-10)11-5-6-11/h1-4,8,10-11H,5-7,9H2,(H,19,23)/t10-/m1/s1. The summed E-state index contributed by atoms with van der Waals surface area (Å²) in [6, 6.07) is 7.99. The molecule has 4 rings (SSSR count). The van der Waals surface area contributed by atoms with Crippen molar-refractivity contribution in [3.05, 3.63) is 36.1 Å². The van der Waals surface area contributed by atoms with Crippen LogP contribution in [0.15, 0.2) is 34.9 Å². The number of likely N-dealkylation sites (tertiary alicyclic amines) is 1. The van der Waals surface area contributed by atoms with Crippen LogP contribution in [0.2, 0.25) is 0 Å². The maximum atomic E-state index is 13.7. The van der Waals surface area contributed by atoms with Crippen LogP contribution < -0.4 is 5.32 Å². The van der Waals surface area contributed by atoms with E-state index < -0.39 is 5.82 Å². The van der Waals surface area contributed by atoms with Gasteiger partial charge < -0.3 is 9.42 Å². The van der Waals surface area contributed by atoms with Crippen LogP contribution in [-0.2, 0) is 9.59 Å². The zero-order valence-electron chi connectivity index (χ0n) is 12.9. The molecule has 0 spiro atoms. The number of nitrogens with zero attached hydrogens (tertiary/aromatic N) is 2. The van der Waals surface area contributed by atoms with E-state index in [9.17, 15) is 14.0 Å². The first kappa shape index (κ1) is 14.9. The van der Waals surface area contributed by atoms with Crippen molar-refractivity contribution in [1.82, 2.24) is 10.1 Å². The van der Waals surface area contributed by atoms with Gasteiger partial charge in [-0.25, -0.2) is 4.39 Å². The number of benzene rings is 1. The first-order valence-electron chi connectivity index (χ1n) is 7.94. The summed E-state index contributed by atoms with van der Waals surface area (Å²) in [6.45, 7) is 0.448. The van der Waals surface area contributed by atoms with Gasteiger partial charge in [-0.3, -0.25) is 14.9 Å². The number of anilines is 1. The second-order valence-electron chi connectivity index (χ2n) is 6.22. The van der Waals surface area contributed by atoms with E-state index in [-0.39, 0.29) is 30.0 Å². The van der Waals surface area contributed by atoms with E-state index in [1.54, 1.807) is 23.1 Å². The zero-order valence-corrected chi connectivity index (χ0v) is 12.9. The fraction of sp³-hybridized carbons (Fsp3) is 0.353. The minimum absolute atomic E-state index is 0.0299. The molecule has 1 aromatic heterocycles. The summed E-state index contributed by atoms with van der Waals surface area (Å²) in [5.41, 5.74) is 0.614. The van der Waals surface area contributed by atoms with Crippen molar-refractivity contribution in [3.63, 3.8) is 0 Å². The largest absolute Gasteiger partial charge is 0.339 e. The van der Waals surface area contributed by atoms with Crippen molar-refractivity contribution in [2.75, 3.05) is 11.9 Å². The highest BCUT2D eigenvalue weighted by Gasteiger charge is 2.41. The molecule has 2 heterocycles. The van der Waals surface area contributed by atoms with Gasteiger partial charge in [-0.2, -0.15) is 0 Å². The normalized spacial score (nSPS) is 20.5. The molecule has 6 nitrogen and oxygen atoms in total. The molecule has 2 fully saturated rings. The van der Waals surface area contributed by atoms with Gasteiger partial charge in [0.1, 0.15) is 11.5 Å². The Morgan fingerprint density at radius 3 is 2.88 bits per heavy atom. The molecule has 1 saturated heterocycles. The number of carbonyl (C=O) groups is 2. The fourth-order valence-corrected chi connectivity index (χ4v) is 3.00. The van der Waals surface area contributed by atoms with Crippen molar-refractivity contribution in [1.29, 1.82) is 0 Å². The molecule has 24 heavy (non-hydrogen) atoms. The summed E-state index contributed by atoms with van der Waals surface area (Å²) in [5, 5.41) is 6.41. The zero-order chi connectivity index (χ0) is 16.7. The molecule has 2 amide bonds. The third-order valence-corrected chi connectivity index (χ3v) is 4.42. The van der Waals surface area contributed by atoms with Crippen molar-refractivity contribution < 1.29 is 18.5 Å².